The van der Waals surface area contributed by atoms with E-state index in [2.05, 4.69) is 80.1 Å². The van der Waals surface area contributed by atoms with Crippen molar-refractivity contribution in [2.75, 3.05) is 58.2 Å². The van der Waals surface area contributed by atoms with Gasteiger partial charge in [-0.3, -0.25) is 75.9 Å². The summed E-state index contributed by atoms with van der Waals surface area (Å²) < 4.78 is 63.5. The van der Waals surface area contributed by atoms with Gasteiger partial charge in [-0.2, -0.15) is 15.0 Å². The number of fused-ring (bicyclic) bond motifs is 6. The molecule has 24 atom stereocenters. The molecule has 0 radical (unpaired) electrons. The van der Waals surface area contributed by atoms with Crippen molar-refractivity contribution in [3.8, 4) is 12.0 Å². The summed E-state index contributed by atoms with van der Waals surface area (Å²) in [6, 6.07) is 7.47. The number of aromatic nitrogens is 12. The highest BCUT2D eigenvalue weighted by atomic mass is 16.6. The van der Waals surface area contributed by atoms with Gasteiger partial charge in [0.2, 0.25) is 0 Å². The quantitative estimate of drug-likeness (QED) is 0.0147. The number of carbonyl (C=O) groups is 2. The predicted molar refractivity (Wildman–Crippen MR) is 435 cm³/mol. The maximum Gasteiger partial charge on any atom is 0.351 e. The molecule has 0 bridgehead atoms. The summed E-state index contributed by atoms with van der Waals surface area (Å²) in [6.07, 6.45) is -7.06. The first-order valence-corrected chi connectivity index (χ1v) is 39.4. The van der Waals surface area contributed by atoms with Gasteiger partial charge in [0.15, 0.2) is 61.8 Å². The Morgan fingerprint density at radius 1 is 0.415 bits per heavy atom. The van der Waals surface area contributed by atoms with Gasteiger partial charge in [-0.05, 0) is 64.9 Å². The molecular formula is C70H91N31O29. The number of nitrogens with zero attached hydrogens (tertiary/aromatic N) is 27. The second kappa shape index (κ2) is 42.5. The van der Waals surface area contributed by atoms with Crippen LogP contribution in [0.5, 0.6) is 12.0 Å². The summed E-state index contributed by atoms with van der Waals surface area (Å²) in [5.41, 5.74) is 43.6. The average molecular weight is 1830 g/mol. The molecule has 60 nitrogen and oxygen atoms in total. The number of ether oxygens (including phenoxy) is 10. The normalized spacial score (nSPS) is 31.5. The van der Waals surface area contributed by atoms with E-state index in [9.17, 15) is 93.6 Å². The van der Waals surface area contributed by atoms with E-state index in [1.807, 2.05) is 37.7 Å². The summed E-state index contributed by atoms with van der Waals surface area (Å²) in [5.74, 6) is -1.56. The van der Waals surface area contributed by atoms with E-state index in [0.29, 0.717) is 19.3 Å². The van der Waals surface area contributed by atoms with Crippen LogP contribution in [-0.4, -0.2) is 257 Å². The van der Waals surface area contributed by atoms with E-state index in [0.717, 1.165) is 27.5 Å². The number of aliphatic hydroxyl groups excluding tert-OH is 8. The van der Waals surface area contributed by atoms with Crippen molar-refractivity contribution in [1.82, 2.24) is 57.3 Å². The van der Waals surface area contributed by atoms with Gasteiger partial charge < -0.3 is 94.0 Å². The van der Waals surface area contributed by atoms with E-state index in [1.165, 1.54) is 82.8 Å². The number of carbonyl (C=O) groups excluding carboxylic acids is 2. The Labute approximate surface area is 726 Å². The molecule has 6 aromatic rings. The molecule has 60 heteroatoms. The smallest absolute Gasteiger partial charge is 0.351 e. The number of nitrogens with two attached hydrogens (primary N) is 1. The van der Waals surface area contributed by atoms with E-state index >= 15 is 0 Å². The van der Waals surface area contributed by atoms with Gasteiger partial charge in [0.25, 0.3) is 27.8 Å². The fourth-order valence-corrected chi connectivity index (χ4v) is 15.6. The summed E-state index contributed by atoms with van der Waals surface area (Å²) >= 11 is 0. The Morgan fingerprint density at radius 3 is 1.05 bits per heavy atom. The van der Waals surface area contributed by atoms with Crippen LogP contribution in [0.2, 0.25) is 0 Å². The van der Waals surface area contributed by atoms with E-state index < -0.39 is 214 Å². The van der Waals surface area contributed by atoms with Crippen molar-refractivity contribution >= 4 is 17.8 Å². The van der Waals surface area contributed by atoms with Gasteiger partial charge in [0.1, 0.15) is 64.8 Å². The van der Waals surface area contributed by atoms with Crippen LogP contribution in [0.25, 0.3) is 62.7 Å². The molecule has 14 rings (SSSR count). The summed E-state index contributed by atoms with van der Waals surface area (Å²) in [7, 11) is 0. The maximum atomic E-state index is 12.1. The third-order valence-corrected chi connectivity index (χ3v) is 23.0. The highest BCUT2D eigenvalue weighted by molar-refractivity contribution is 5.66. The van der Waals surface area contributed by atoms with E-state index in [-0.39, 0.29) is 68.8 Å². The van der Waals surface area contributed by atoms with Crippen LogP contribution >= 0.6 is 0 Å². The first-order valence-electron chi connectivity index (χ1n) is 39.4. The molecule has 0 spiro atoms. The van der Waals surface area contributed by atoms with Crippen molar-refractivity contribution in [1.29, 1.82) is 0 Å². The number of hydrogen-bond donors (Lipinski definition) is 12. The molecular weight excluding hydrogens is 1740 g/mol. The van der Waals surface area contributed by atoms with Gasteiger partial charge in [0, 0.05) is 123 Å². The zero-order valence-electron chi connectivity index (χ0n) is 70.1. The molecule has 0 saturated carbocycles. The molecule has 6 fully saturated rings. The Kier molecular flexibility index (Phi) is 32.7. The Morgan fingerprint density at radius 2 is 0.700 bits per heavy atom. The van der Waals surface area contributed by atoms with Crippen LogP contribution in [0, 0.1) is 11.8 Å². The third kappa shape index (κ3) is 20.7. The summed E-state index contributed by atoms with van der Waals surface area (Å²) in [4.78, 5) is 159. The molecule has 0 aliphatic carbocycles. The number of esters is 2. The molecule has 700 valence electrons. The summed E-state index contributed by atoms with van der Waals surface area (Å²) in [5, 5.41) is 101. The lowest BCUT2D eigenvalue weighted by molar-refractivity contribution is -0.155. The van der Waals surface area contributed by atoms with E-state index in [1.54, 1.807) is 18.4 Å². The monoisotopic (exact) mass is 1830 g/mol. The second-order valence-electron chi connectivity index (χ2n) is 30.2. The number of aliphatic hydroxyl groups is 8. The molecule has 8 aliphatic rings. The van der Waals surface area contributed by atoms with Crippen molar-refractivity contribution in [2.24, 2.45) is 42.5 Å². The first-order chi connectivity index (χ1) is 61.8. The third-order valence-electron chi connectivity index (χ3n) is 23.0. The summed E-state index contributed by atoms with van der Waals surface area (Å²) in [6.45, 7) is 11.4. The lowest BCUT2D eigenvalue weighted by Gasteiger charge is -2.30. The van der Waals surface area contributed by atoms with Crippen molar-refractivity contribution in [2.45, 2.75) is 213 Å². The first kappa shape index (κ1) is 100. The van der Waals surface area contributed by atoms with Crippen molar-refractivity contribution in [3.05, 3.63) is 230 Å². The largest absolute Gasteiger partial charge is 0.457 e. The molecule has 130 heavy (non-hydrogen) atoms. The van der Waals surface area contributed by atoms with Gasteiger partial charge in [-0.15, -0.1) is 0 Å². The predicted octanol–water partition coefficient (Wildman–Crippen LogP) is -1.16. The van der Waals surface area contributed by atoms with Gasteiger partial charge >= 0.3 is 46.7 Å². The van der Waals surface area contributed by atoms with Gasteiger partial charge in [-0.25, -0.2) is 19.2 Å². The fraction of sp³-hybridized carbons (Fsp3) is 0.629. The number of nitrogen functional groups attached to an aromatic ring is 1. The fourth-order valence-electron chi connectivity index (χ4n) is 15.6. The highest BCUT2D eigenvalue weighted by Gasteiger charge is 2.62. The molecule has 6 aromatic heterocycles. The Hall–Kier alpha value is -13.7. The molecule has 6 saturated heterocycles. The van der Waals surface area contributed by atoms with Crippen LogP contribution in [0.4, 0.5) is 5.82 Å². The minimum Gasteiger partial charge on any atom is -0.457 e. The van der Waals surface area contributed by atoms with Crippen LogP contribution in [0.3, 0.4) is 0 Å². The van der Waals surface area contributed by atoms with Crippen molar-refractivity contribution in [3.63, 3.8) is 0 Å². The Bertz CT molecular complexity index is 5760. The molecule has 13 N–H and O–H groups in total. The molecule has 0 aromatic carbocycles. The number of aromatic amines is 3. The zero-order chi connectivity index (χ0) is 95.7. The van der Waals surface area contributed by atoms with Crippen LogP contribution in [0.1, 0.15) is 118 Å². The second-order valence-corrected chi connectivity index (χ2v) is 30.2. The molecule has 0 unspecified atom stereocenters. The number of nitrogens with one attached hydrogen (secondary N) is 3. The molecule has 0 amide bonds. The minimum absolute atomic E-state index is 0.0144. The average Bonchev–Trinajstić information content (AvgIpc) is 1.57. The van der Waals surface area contributed by atoms with Crippen LogP contribution < -0.4 is 65.8 Å². The van der Waals surface area contributed by atoms with E-state index in [4.69, 9.17) is 86.3 Å². The van der Waals surface area contributed by atoms with Crippen molar-refractivity contribution < 1.29 is 97.8 Å². The number of anilines is 1. The van der Waals surface area contributed by atoms with Crippen LogP contribution in [-0.2, 0) is 47.5 Å². The zero-order valence-corrected chi connectivity index (χ0v) is 70.1. The van der Waals surface area contributed by atoms with Crippen LogP contribution in [0.15, 0.2) is 147 Å². The van der Waals surface area contributed by atoms with Gasteiger partial charge in [0.05, 0.1) is 63.7 Å². The number of hydrogen-bond acceptors (Lipinski definition) is 39. The molecule has 14 heterocycles. The lowest BCUT2D eigenvalue weighted by atomic mass is 9.85. The highest BCUT2D eigenvalue weighted by Crippen LogP contribution is 2.50. The van der Waals surface area contributed by atoms with Gasteiger partial charge in [-0.1, -0.05) is 72.2 Å². The SMILES string of the molecule is CC[C@@]1(CN=[N+]=[N-])O[C@@H](n2ccc(=O)[nH]c2=O)[C@@H](O)[C@@H]1O.CC[C@@]1(CN=[N+]=[N-])O[C@@H](n2ccc(=O)[nH]c2=O)[C@@H](OC(C)=O)[C@@H]1C.CC[C@@]1(CN=[N+]=[N-])O[C@@H](n2ccc(N)nc2=O)[C@@H](OC(C)=O)[C@@H]1C.CC[C@@]1(CN=[N+]=[N-])O[C@@H]2[C@@H](Oc3nc(=O)ccn32)[C@@H]1O.[N-]=[N+]=NC[C@]1(CO)O[C@@H](n2ccc(=O)[nH]c2=O)[C@H](O)[C@@H]1O.[N-]=[N+]=NC[C@]1(CO)O[C@@H]2[C@@H](Oc3nc(=O)ccn32)[C@@H]1O. The lowest BCUT2D eigenvalue weighted by Crippen LogP contribution is -2.49. The number of azide groups is 6. The molecule has 8 aliphatic heterocycles. The Balaban J connectivity index is 0.000000176. The number of H-pyrrole nitrogens is 3. The standard InChI is InChI=1S/C14H20N6O4.C14H19N5O5.C11H15N5O5.C11H13N5O4.C10H13N5O6.C10H11N5O5/c1-4-14(7-17-19-16)8(2)11(23-9(3)21)12(24-14)20-6-5-10(15)18-13(20)22;1-4-14(7-16-18-15)8(2)11(23-9(3)20)12(24-14)19-6-5-10(21)17-13(19)22;1-2-11(5-13-15-12)8(19)7(18)9(21-11)16-4-3-6(17)14-10(16)20;1-2-11(5-13-15-12)8(18)7-9(20-11)16-4-3-6(17)14-10(16)19-7;11-14-12-3-10(4-16)7(19)6(18)8(21-10)15-2-1-5(17)13-9(15)20;11-14-12-3-10(4-16)7(18)6-8(20-10)15-2-1-5(17)13-9(15)19-6/h5-6,8,11-12H,4,7H2,1-3H3,(H2,15,18,22);5-6,8,11-12H,4,7H2,1-3H3,(H,17,21,22);3-4,7-9,18-19H,2,5H2,1H3,(H,14,17,20);3-4,7-9,18H,2,5H2,1H3;1-2,6-8,16,18-19H,3-4H2,(H,13,17,20);1-2,6-8,16,18H,3-4H2/t2*8-,11-,12+,14-;2*7-,8-,9+,11-;6-,7+,8-,10-;6-,7-,8+,10+/m000010/s1. The number of rotatable bonds is 24. The topological polar surface area (TPSA) is 876 Å². The minimum atomic E-state index is -1.73. The maximum absolute atomic E-state index is 12.1.